The first-order valence-corrected chi connectivity index (χ1v) is 5.71. The van der Waals surface area contributed by atoms with Gasteiger partial charge >= 0.3 is 0 Å². The molecule has 0 aromatic heterocycles. The SMILES string of the molecule is C=CC(C)(O)CC=CC(C)=CCCC(=C)C. The van der Waals surface area contributed by atoms with E-state index in [4.69, 9.17) is 0 Å². The molecule has 0 amide bonds. The van der Waals surface area contributed by atoms with Crippen molar-refractivity contribution < 1.29 is 5.11 Å². The second-order valence-corrected chi connectivity index (χ2v) is 4.61. The minimum absolute atomic E-state index is 0.599. The lowest BCUT2D eigenvalue weighted by Gasteiger charge is -2.15. The lowest BCUT2D eigenvalue weighted by atomic mass is 10.0. The summed E-state index contributed by atoms with van der Waals surface area (Å²) in [5.41, 5.74) is 1.64. The Bertz CT molecular complexity index is 293. The van der Waals surface area contributed by atoms with Crippen molar-refractivity contribution in [1.29, 1.82) is 0 Å². The van der Waals surface area contributed by atoms with Gasteiger partial charge in [-0.15, -0.1) is 13.2 Å². The van der Waals surface area contributed by atoms with Gasteiger partial charge in [0.25, 0.3) is 0 Å². The summed E-state index contributed by atoms with van der Waals surface area (Å²) in [7, 11) is 0. The first-order valence-electron chi connectivity index (χ1n) is 5.71. The summed E-state index contributed by atoms with van der Waals surface area (Å²) < 4.78 is 0. The van der Waals surface area contributed by atoms with Crippen molar-refractivity contribution in [2.24, 2.45) is 0 Å². The van der Waals surface area contributed by atoms with Gasteiger partial charge in [-0.2, -0.15) is 0 Å². The lowest BCUT2D eigenvalue weighted by Crippen LogP contribution is -2.18. The first kappa shape index (κ1) is 14.9. The van der Waals surface area contributed by atoms with Crippen molar-refractivity contribution in [3.05, 3.63) is 48.6 Å². The molecule has 0 aliphatic rings. The van der Waals surface area contributed by atoms with E-state index in [1.54, 1.807) is 13.0 Å². The van der Waals surface area contributed by atoms with Gasteiger partial charge in [0.1, 0.15) is 0 Å². The number of hydrogen-bond donors (Lipinski definition) is 1. The lowest BCUT2D eigenvalue weighted by molar-refractivity contribution is 0.115. The number of allylic oxidation sites excluding steroid dienone is 4. The topological polar surface area (TPSA) is 20.2 Å². The molecule has 0 aliphatic carbocycles. The fraction of sp³-hybridized carbons (Fsp3) is 0.467. The molecule has 1 atom stereocenters. The highest BCUT2D eigenvalue weighted by Crippen LogP contribution is 2.12. The average molecular weight is 220 g/mol. The molecule has 1 nitrogen and oxygen atoms in total. The maximum absolute atomic E-state index is 9.68. The third kappa shape index (κ3) is 8.25. The molecule has 0 radical (unpaired) electrons. The number of aliphatic hydroxyl groups is 1. The van der Waals surface area contributed by atoms with E-state index in [9.17, 15) is 5.11 Å². The zero-order valence-corrected chi connectivity index (χ0v) is 10.8. The molecule has 0 aromatic rings. The van der Waals surface area contributed by atoms with Gasteiger partial charge in [0.05, 0.1) is 5.60 Å². The average Bonchev–Trinajstić information content (AvgIpc) is 2.17. The molecule has 0 spiro atoms. The van der Waals surface area contributed by atoms with Gasteiger partial charge < -0.3 is 5.11 Å². The summed E-state index contributed by atoms with van der Waals surface area (Å²) in [6.45, 7) is 13.3. The summed E-state index contributed by atoms with van der Waals surface area (Å²) in [6, 6.07) is 0. The molecule has 0 rings (SSSR count). The van der Waals surface area contributed by atoms with Crippen LogP contribution in [0.2, 0.25) is 0 Å². The summed E-state index contributed by atoms with van der Waals surface area (Å²) in [5.74, 6) is 0. The molecule has 90 valence electrons. The molecule has 1 heteroatoms. The molecule has 0 heterocycles. The third-order valence-electron chi connectivity index (χ3n) is 2.39. The van der Waals surface area contributed by atoms with Crippen LogP contribution in [0.3, 0.4) is 0 Å². The minimum atomic E-state index is -0.797. The van der Waals surface area contributed by atoms with Crippen LogP contribution in [0.15, 0.2) is 48.6 Å². The zero-order valence-electron chi connectivity index (χ0n) is 10.8. The molecule has 0 aromatic carbocycles. The standard InChI is InChI=1S/C15H24O/c1-6-15(5,16)12-8-11-14(4)10-7-9-13(2)3/h6,8,10-11,16H,1-2,7,9,12H2,3-5H3. The molecular weight excluding hydrogens is 196 g/mol. The van der Waals surface area contributed by atoms with E-state index in [-0.39, 0.29) is 0 Å². The predicted molar refractivity (Wildman–Crippen MR) is 72.4 cm³/mol. The fourth-order valence-electron chi connectivity index (χ4n) is 1.18. The Morgan fingerprint density at radius 3 is 2.50 bits per heavy atom. The van der Waals surface area contributed by atoms with Crippen LogP contribution in [0.1, 0.15) is 40.0 Å². The van der Waals surface area contributed by atoms with Crippen molar-refractivity contribution in [2.45, 2.75) is 45.6 Å². The Labute approximate surface area is 99.9 Å². The van der Waals surface area contributed by atoms with Crippen LogP contribution in [0.25, 0.3) is 0 Å². The highest BCUT2D eigenvalue weighted by molar-refractivity contribution is 5.17. The third-order valence-corrected chi connectivity index (χ3v) is 2.39. The van der Waals surface area contributed by atoms with Crippen LogP contribution in [0, 0.1) is 0 Å². The minimum Gasteiger partial charge on any atom is -0.386 e. The molecule has 0 aliphatic heterocycles. The molecule has 1 N–H and O–H groups in total. The van der Waals surface area contributed by atoms with Crippen LogP contribution in [0.4, 0.5) is 0 Å². The Kier molecular flexibility index (Phi) is 6.75. The van der Waals surface area contributed by atoms with Gasteiger partial charge in [0, 0.05) is 0 Å². The highest BCUT2D eigenvalue weighted by atomic mass is 16.3. The summed E-state index contributed by atoms with van der Waals surface area (Å²) in [5, 5.41) is 9.68. The van der Waals surface area contributed by atoms with Crippen LogP contribution in [0.5, 0.6) is 0 Å². The molecule has 0 saturated carbocycles. The van der Waals surface area contributed by atoms with E-state index in [2.05, 4.69) is 26.2 Å². The van der Waals surface area contributed by atoms with Crippen LogP contribution < -0.4 is 0 Å². The quantitative estimate of drug-likeness (QED) is 0.504. The Balaban J connectivity index is 4.03. The Morgan fingerprint density at radius 1 is 1.38 bits per heavy atom. The van der Waals surface area contributed by atoms with Gasteiger partial charge in [-0.1, -0.05) is 35.5 Å². The summed E-state index contributed by atoms with van der Waals surface area (Å²) in [4.78, 5) is 0. The maximum atomic E-state index is 9.68. The summed E-state index contributed by atoms with van der Waals surface area (Å²) in [6.07, 6.45) is 10.4. The fourth-order valence-corrected chi connectivity index (χ4v) is 1.18. The molecule has 1 unspecified atom stereocenters. The zero-order chi connectivity index (χ0) is 12.6. The molecule has 0 fully saturated rings. The highest BCUT2D eigenvalue weighted by Gasteiger charge is 2.11. The van der Waals surface area contributed by atoms with Gasteiger partial charge in [-0.05, 0) is 40.0 Å². The van der Waals surface area contributed by atoms with Crippen molar-refractivity contribution in [3.8, 4) is 0 Å². The maximum Gasteiger partial charge on any atom is 0.0831 e. The second-order valence-electron chi connectivity index (χ2n) is 4.61. The van der Waals surface area contributed by atoms with E-state index in [1.807, 2.05) is 19.1 Å². The largest absolute Gasteiger partial charge is 0.386 e. The predicted octanol–water partition coefficient (Wildman–Crippen LogP) is 4.17. The van der Waals surface area contributed by atoms with Gasteiger partial charge in [-0.3, -0.25) is 0 Å². The second kappa shape index (κ2) is 7.24. The van der Waals surface area contributed by atoms with E-state index < -0.39 is 5.60 Å². The van der Waals surface area contributed by atoms with E-state index in [0.717, 1.165) is 12.8 Å². The summed E-state index contributed by atoms with van der Waals surface area (Å²) >= 11 is 0. The van der Waals surface area contributed by atoms with E-state index >= 15 is 0 Å². The molecular formula is C15H24O. The van der Waals surface area contributed by atoms with Crippen LogP contribution in [-0.4, -0.2) is 10.7 Å². The monoisotopic (exact) mass is 220 g/mol. The molecule has 0 bridgehead atoms. The first-order chi connectivity index (χ1) is 7.37. The normalized spacial score (nSPS) is 16.1. The van der Waals surface area contributed by atoms with Crippen molar-refractivity contribution in [3.63, 3.8) is 0 Å². The molecule has 16 heavy (non-hydrogen) atoms. The molecule has 0 saturated heterocycles. The van der Waals surface area contributed by atoms with Crippen LogP contribution >= 0.6 is 0 Å². The number of rotatable bonds is 7. The van der Waals surface area contributed by atoms with Gasteiger partial charge in [-0.25, -0.2) is 0 Å². The van der Waals surface area contributed by atoms with E-state index in [1.165, 1.54) is 11.1 Å². The number of hydrogen-bond acceptors (Lipinski definition) is 1. The van der Waals surface area contributed by atoms with Crippen molar-refractivity contribution in [1.82, 2.24) is 0 Å². The van der Waals surface area contributed by atoms with Gasteiger partial charge in [0.2, 0.25) is 0 Å². The Hall–Kier alpha value is -1.08. The Morgan fingerprint density at radius 2 is 2.00 bits per heavy atom. The van der Waals surface area contributed by atoms with Crippen LogP contribution in [-0.2, 0) is 0 Å². The smallest absolute Gasteiger partial charge is 0.0831 e. The van der Waals surface area contributed by atoms with Gasteiger partial charge in [0.15, 0.2) is 0 Å². The van der Waals surface area contributed by atoms with Crippen molar-refractivity contribution >= 4 is 0 Å². The van der Waals surface area contributed by atoms with E-state index in [0.29, 0.717) is 6.42 Å². The van der Waals surface area contributed by atoms with Crippen molar-refractivity contribution in [2.75, 3.05) is 0 Å².